The molecule has 1 amide bonds. The Balaban J connectivity index is 1.39. The van der Waals surface area contributed by atoms with Gasteiger partial charge in [-0.05, 0) is 57.7 Å². The van der Waals surface area contributed by atoms with E-state index >= 15 is 0 Å². The van der Waals surface area contributed by atoms with E-state index in [1.807, 2.05) is 32.9 Å². The van der Waals surface area contributed by atoms with Crippen molar-refractivity contribution in [1.29, 1.82) is 5.26 Å². The Hall–Kier alpha value is -3.14. The third kappa shape index (κ3) is 4.38. The highest BCUT2D eigenvalue weighted by Crippen LogP contribution is 2.36. The summed E-state index contributed by atoms with van der Waals surface area (Å²) in [7, 11) is 0. The minimum absolute atomic E-state index is 0.102. The molecule has 1 fully saturated rings. The Morgan fingerprint density at radius 3 is 2.73 bits per heavy atom. The second-order valence-electron chi connectivity index (χ2n) is 8.88. The summed E-state index contributed by atoms with van der Waals surface area (Å²) in [5.41, 5.74) is 2.73. The van der Waals surface area contributed by atoms with Gasteiger partial charge in [0.2, 0.25) is 0 Å². The molecule has 0 radical (unpaired) electrons. The number of piperidine rings is 1. The Morgan fingerprint density at radius 1 is 1.27 bits per heavy atom. The van der Waals surface area contributed by atoms with E-state index < -0.39 is 5.60 Å². The van der Waals surface area contributed by atoms with E-state index in [0.717, 1.165) is 41.8 Å². The van der Waals surface area contributed by atoms with E-state index in [9.17, 15) is 4.79 Å². The van der Waals surface area contributed by atoms with Gasteiger partial charge in [0.25, 0.3) is 0 Å². The number of pyridine rings is 2. The summed E-state index contributed by atoms with van der Waals surface area (Å²) in [6.07, 6.45) is 5.89. The lowest BCUT2D eigenvalue weighted by atomic mass is 9.89. The van der Waals surface area contributed by atoms with Crippen LogP contribution in [0.4, 0.5) is 4.79 Å². The van der Waals surface area contributed by atoms with Crippen LogP contribution in [-0.4, -0.2) is 45.8 Å². The number of nitrogens with zero attached hydrogens (tertiary/aromatic N) is 4. The zero-order valence-corrected chi connectivity index (χ0v) is 17.6. The molecule has 7 nitrogen and oxygen atoms in total. The molecule has 2 aromatic rings. The number of ether oxygens (including phenoxy) is 2. The molecular formula is C23H26N4O3. The summed E-state index contributed by atoms with van der Waals surface area (Å²) in [5, 5.41) is 9.07. The molecule has 4 rings (SSSR count). The van der Waals surface area contributed by atoms with Crippen LogP contribution < -0.4 is 4.74 Å². The fourth-order valence-corrected chi connectivity index (χ4v) is 4.02. The lowest BCUT2D eigenvalue weighted by Crippen LogP contribution is -2.44. The number of carbonyl (C=O) groups excluding carboxylic acids is 1. The Kier molecular flexibility index (Phi) is 5.33. The van der Waals surface area contributed by atoms with Gasteiger partial charge in [0.15, 0.2) is 0 Å². The maximum atomic E-state index is 12.3. The lowest BCUT2D eigenvalue weighted by molar-refractivity contribution is 0.0123. The molecule has 1 atom stereocenters. The van der Waals surface area contributed by atoms with E-state index in [0.29, 0.717) is 24.7 Å². The van der Waals surface area contributed by atoms with Crippen LogP contribution >= 0.6 is 0 Å². The molecule has 0 bridgehead atoms. The molecule has 0 aliphatic carbocycles. The first kappa shape index (κ1) is 20.1. The average molecular weight is 406 g/mol. The van der Waals surface area contributed by atoms with Crippen molar-refractivity contribution in [3.63, 3.8) is 0 Å². The fraction of sp³-hybridized carbons (Fsp3) is 0.478. The first-order valence-electron chi connectivity index (χ1n) is 10.3. The second-order valence-corrected chi connectivity index (χ2v) is 8.88. The number of likely N-dealkylation sites (tertiary alicyclic amines) is 1. The van der Waals surface area contributed by atoms with Gasteiger partial charge in [-0.15, -0.1) is 0 Å². The zero-order chi connectivity index (χ0) is 21.3. The minimum Gasteiger partial charge on any atom is -0.488 e. The van der Waals surface area contributed by atoms with Gasteiger partial charge in [0.05, 0.1) is 11.9 Å². The number of hydrogen-bond donors (Lipinski definition) is 0. The third-order valence-corrected chi connectivity index (χ3v) is 5.54. The molecular weight excluding hydrogens is 380 g/mol. The van der Waals surface area contributed by atoms with Gasteiger partial charge in [-0.3, -0.25) is 4.98 Å². The smallest absolute Gasteiger partial charge is 0.410 e. The fourth-order valence-electron chi connectivity index (χ4n) is 4.02. The maximum Gasteiger partial charge on any atom is 0.410 e. The number of hydrogen-bond acceptors (Lipinski definition) is 6. The van der Waals surface area contributed by atoms with Crippen LogP contribution in [0.5, 0.6) is 5.75 Å². The van der Waals surface area contributed by atoms with E-state index in [2.05, 4.69) is 16.0 Å². The number of fused-ring (bicyclic) bond motifs is 1. The highest BCUT2D eigenvalue weighted by atomic mass is 16.6. The monoisotopic (exact) mass is 406 g/mol. The Labute approximate surface area is 176 Å². The highest BCUT2D eigenvalue weighted by Gasteiger charge is 2.35. The summed E-state index contributed by atoms with van der Waals surface area (Å²) in [4.78, 5) is 22.6. The standard InChI is InChI=1S/C23H26N4O3/c1-23(2,3)30-22(28)27-8-5-15(6-9-27)20-12-17-11-19(26-14-21(17)29-20)16-4-7-25-18(10-16)13-24/h4,7,10-11,14-15,20H,5-6,8-9,12H2,1-3H3. The Bertz CT molecular complexity index is 985. The summed E-state index contributed by atoms with van der Waals surface area (Å²) in [6.45, 7) is 7.03. The molecule has 2 aliphatic rings. The molecule has 4 heterocycles. The summed E-state index contributed by atoms with van der Waals surface area (Å²) >= 11 is 0. The van der Waals surface area contributed by atoms with Crippen molar-refractivity contribution >= 4 is 6.09 Å². The normalized spacial score (nSPS) is 19.0. The van der Waals surface area contributed by atoms with Gasteiger partial charge >= 0.3 is 6.09 Å². The summed E-state index contributed by atoms with van der Waals surface area (Å²) in [5.74, 6) is 1.22. The van der Waals surface area contributed by atoms with Crippen molar-refractivity contribution in [2.24, 2.45) is 5.92 Å². The number of aromatic nitrogens is 2. The van der Waals surface area contributed by atoms with Gasteiger partial charge < -0.3 is 14.4 Å². The van der Waals surface area contributed by atoms with Crippen LogP contribution in [0.15, 0.2) is 30.6 Å². The van der Waals surface area contributed by atoms with Crippen LogP contribution in [-0.2, 0) is 11.2 Å². The highest BCUT2D eigenvalue weighted by molar-refractivity contribution is 5.68. The quantitative estimate of drug-likeness (QED) is 0.750. The van der Waals surface area contributed by atoms with Crippen LogP contribution in [0.25, 0.3) is 11.3 Å². The molecule has 1 unspecified atom stereocenters. The number of rotatable bonds is 2. The molecule has 0 saturated carbocycles. The predicted molar refractivity (Wildman–Crippen MR) is 111 cm³/mol. The van der Waals surface area contributed by atoms with Gasteiger partial charge in [-0.2, -0.15) is 5.26 Å². The van der Waals surface area contributed by atoms with Crippen molar-refractivity contribution in [1.82, 2.24) is 14.9 Å². The molecule has 2 aromatic heterocycles. The van der Waals surface area contributed by atoms with Gasteiger partial charge in [0, 0.05) is 36.8 Å². The Morgan fingerprint density at radius 2 is 2.03 bits per heavy atom. The van der Waals surface area contributed by atoms with Gasteiger partial charge in [-0.25, -0.2) is 9.78 Å². The summed E-state index contributed by atoms with van der Waals surface area (Å²) < 4.78 is 11.7. The molecule has 0 N–H and O–H groups in total. The molecule has 30 heavy (non-hydrogen) atoms. The molecule has 1 saturated heterocycles. The van der Waals surface area contributed by atoms with Crippen molar-refractivity contribution in [3.8, 4) is 23.1 Å². The predicted octanol–water partition coefficient (Wildman–Crippen LogP) is 3.97. The molecule has 0 spiro atoms. The number of amides is 1. The van der Waals surface area contributed by atoms with Crippen molar-refractivity contribution < 1.29 is 14.3 Å². The second kappa shape index (κ2) is 7.94. The SMILES string of the molecule is CC(C)(C)OC(=O)N1CCC(C2Cc3cc(-c4ccnc(C#N)c4)ncc3O2)CC1. The van der Waals surface area contributed by atoms with E-state index in [1.54, 1.807) is 23.4 Å². The van der Waals surface area contributed by atoms with Crippen molar-refractivity contribution in [3.05, 3.63) is 41.9 Å². The van der Waals surface area contributed by atoms with Crippen LogP contribution in [0.1, 0.15) is 44.9 Å². The maximum absolute atomic E-state index is 12.3. The number of carbonyl (C=O) groups is 1. The lowest BCUT2D eigenvalue weighted by Gasteiger charge is -2.35. The van der Waals surface area contributed by atoms with Crippen LogP contribution in [0.2, 0.25) is 0 Å². The molecule has 156 valence electrons. The van der Waals surface area contributed by atoms with Crippen molar-refractivity contribution in [2.45, 2.75) is 51.7 Å². The minimum atomic E-state index is -0.475. The first-order chi connectivity index (χ1) is 14.3. The van der Waals surface area contributed by atoms with E-state index in [4.69, 9.17) is 14.7 Å². The van der Waals surface area contributed by atoms with Crippen LogP contribution in [0.3, 0.4) is 0 Å². The average Bonchev–Trinajstić information content (AvgIpc) is 3.16. The topological polar surface area (TPSA) is 88.3 Å². The number of nitriles is 1. The molecule has 7 heteroatoms. The largest absolute Gasteiger partial charge is 0.488 e. The first-order valence-corrected chi connectivity index (χ1v) is 10.3. The van der Waals surface area contributed by atoms with E-state index in [1.165, 1.54) is 0 Å². The van der Waals surface area contributed by atoms with Crippen molar-refractivity contribution in [2.75, 3.05) is 13.1 Å². The third-order valence-electron chi connectivity index (χ3n) is 5.54. The van der Waals surface area contributed by atoms with Gasteiger partial charge in [-0.1, -0.05) is 0 Å². The molecule has 0 aromatic carbocycles. The van der Waals surface area contributed by atoms with Gasteiger partial charge in [0.1, 0.15) is 29.2 Å². The molecule has 2 aliphatic heterocycles. The zero-order valence-electron chi connectivity index (χ0n) is 17.6. The van der Waals surface area contributed by atoms with Crippen LogP contribution in [0, 0.1) is 17.2 Å². The van der Waals surface area contributed by atoms with E-state index in [-0.39, 0.29) is 12.2 Å². The summed E-state index contributed by atoms with van der Waals surface area (Å²) in [6, 6.07) is 7.71.